The molecule has 7 heteroatoms. The van der Waals surface area contributed by atoms with E-state index in [4.69, 9.17) is 4.74 Å². The van der Waals surface area contributed by atoms with Crippen LogP contribution in [0.2, 0.25) is 0 Å². The Morgan fingerprint density at radius 1 is 1.29 bits per heavy atom. The van der Waals surface area contributed by atoms with Crippen molar-refractivity contribution in [2.45, 2.75) is 39.7 Å². The molecule has 0 saturated carbocycles. The number of hydrogen-bond donors (Lipinski definition) is 1. The molecular formula is C24H30N4O3. The molecule has 31 heavy (non-hydrogen) atoms. The number of pyridine rings is 1. The van der Waals surface area contributed by atoms with E-state index < -0.39 is 5.92 Å². The lowest BCUT2D eigenvalue weighted by atomic mass is 9.95. The van der Waals surface area contributed by atoms with Crippen LogP contribution in [0.1, 0.15) is 42.6 Å². The Balaban J connectivity index is 1.60. The van der Waals surface area contributed by atoms with Crippen LogP contribution in [-0.2, 0) is 9.53 Å². The maximum absolute atomic E-state index is 13.2. The zero-order chi connectivity index (χ0) is 22.1. The van der Waals surface area contributed by atoms with Crippen molar-refractivity contribution < 1.29 is 14.3 Å². The number of nitrogens with zero attached hydrogens (tertiary/aromatic N) is 3. The molecule has 1 fully saturated rings. The van der Waals surface area contributed by atoms with Crippen LogP contribution in [0.25, 0.3) is 5.52 Å². The minimum atomic E-state index is -0.408. The van der Waals surface area contributed by atoms with Gasteiger partial charge in [0.1, 0.15) is 5.82 Å². The molecular weight excluding hydrogens is 392 g/mol. The highest BCUT2D eigenvalue weighted by Gasteiger charge is 2.27. The van der Waals surface area contributed by atoms with E-state index in [1.54, 1.807) is 0 Å². The van der Waals surface area contributed by atoms with Gasteiger partial charge in [0, 0.05) is 61.4 Å². The summed E-state index contributed by atoms with van der Waals surface area (Å²) in [5.41, 5.74) is 4.16. The van der Waals surface area contributed by atoms with Gasteiger partial charge in [0.25, 0.3) is 11.8 Å². The number of fused-ring (bicyclic) bond motifs is 1. The van der Waals surface area contributed by atoms with Gasteiger partial charge in [-0.1, -0.05) is 5.57 Å². The summed E-state index contributed by atoms with van der Waals surface area (Å²) >= 11 is 0. The van der Waals surface area contributed by atoms with E-state index in [9.17, 15) is 9.59 Å². The fourth-order valence-corrected chi connectivity index (χ4v) is 4.62. The number of carbonyl (C=O) groups is 2. The van der Waals surface area contributed by atoms with Crippen LogP contribution in [-0.4, -0.2) is 54.8 Å². The van der Waals surface area contributed by atoms with E-state index in [0.717, 1.165) is 48.5 Å². The molecule has 0 aromatic carbocycles. The van der Waals surface area contributed by atoms with Gasteiger partial charge in [-0.3, -0.25) is 9.59 Å². The number of rotatable bonds is 5. The standard InChI is InChI=1S/C24H30N4O3/c1-15-12-16(2)26-23(30)21(15)14-25-22(29)20-13-19-6-5-9-28(19)24(17(20)3)27(4)18-7-10-31-11-8-18/h5-6,9,12-13,18,21H,7-8,10-11,14H2,1-4H3,(H,25,29). The van der Waals surface area contributed by atoms with Crippen molar-refractivity contribution in [3.8, 4) is 0 Å². The highest BCUT2D eigenvalue weighted by molar-refractivity contribution is 6.06. The second-order valence-corrected chi connectivity index (χ2v) is 8.51. The Bertz CT molecular complexity index is 1080. The lowest BCUT2D eigenvalue weighted by Gasteiger charge is -2.34. The average molecular weight is 423 g/mol. The van der Waals surface area contributed by atoms with Crippen LogP contribution < -0.4 is 10.2 Å². The van der Waals surface area contributed by atoms with Gasteiger partial charge in [-0.15, -0.1) is 0 Å². The van der Waals surface area contributed by atoms with E-state index >= 15 is 0 Å². The number of aliphatic imine (C=N–C) groups is 1. The lowest BCUT2D eigenvalue weighted by molar-refractivity contribution is -0.120. The fraction of sp³-hybridized carbons (Fsp3) is 0.458. The molecule has 2 aliphatic heterocycles. The molecule has 164 valence electrons. The first-order valence-electron chi connectivity index (χ1n) is 10.8. The van der Waals surface area contributed by atoms with E-state index in [0.29, 0.717) is 17.3 Å². The van der Waals surface area contributed by atoms with Gasteiger partial charge in [0.2, 0.25) is 0 Å². The van der Waals surface area contributed by atoms with E-state index in [2.05, 4.69) is 26.7 Å². The Kier molecular flexibility index (Phi) is 5.96. The number of hydrogen-bond acceptors (Lipinski definition) is 4. The Labute approximate surface area is 182 Å². The van der Waals surface area contributed by atoms with Gasteiger partial charge in [-0.2, -0.15) is 0 Å². The lowest BCUT2D eigenvalue weighted by Crippen LogP contribution is -2.39. The first-order chi connectivity index (χ1) is 14.9. The van der Waals surface area contributed by atoms with Gasteiger partial charge < -0.3 is 19.4 Å². The minimum absolute atomic E-state index is 0.172. The van der Waals surface area contributed by atoms with Crippen LogP contribution in [0.5, 0.6) is 0 Å². The highest BCUT2D eigenvalue weighted by atomic mass is 16.5. The number of carbonyl (C=O) groups excluding carboxylic acids is 2. The molecule has 7 nitrogen and oxygen atoms in total. The molecule has 2 aliphatic rings. The number of dihydropyridines is 1. The molecule has 2 aromatic heterocycles. The van der Waals surface area contributed by atoms with E-state index in [1.165, 1.54) is 0 Å². The molecule has 4 heterocycles. The van der Waals surface area contributed by atoms with Crippen LogP contribution in [0, 0.1) is 12.8 Å². The van der Waals surface area contributed by atoms with Crippen molar-refractivity contribution in [2.75, 3.05) is 31.7 Å². The van der Waals surface area contributed by atoms with Gasteiger partial charge in [-0.25, -0.2) is 4.99 Å². The van der Waals surface area contributed by atoms with Crippen LogP contribution in [0.15, 0.2) is 41.0 Å². The van der Waals surface area contributed by atoms with E-state index in [1.807, 2.05) is 51.2 Å². The third-order valence-electron chi connectivity index (χ3n) is 6.39. The summed E-state index contributed by atoms with van der Waals surface area (Å²) in [6.45, 7) is 7.47. The number of nitrogens with one attached hydrogen (secondary N) is 1. The zero-order valence-electron chi connectivity index (χ0n) is 18.6. The number of amides is 2. The summed E-state index contributed by atoms with van der Waals surface area (Å²) in [6.07, 6.45) is 5.86. The maximum Gasteiger partial charge on any atom is 0.254 e. The first kappa shape index (κ1) is 21.3. The average Bonchev–Trinajstić information content (AvgIpc) is 3.20. The largest absolute Gasteiger partial charge is 0.381 e. The zero-order valence-corrected chi connectivity index (χ0v) is 18.6. The number of aromatic nitrogens is 1. The summed E-state index contributed by atoms with van der Waals surface area (Å²) < 4.78 is 7.66. The maximum atomic E-state index is 13.2. The van der Waals surface area contributed by atoms with Gasteiger partial charge in [0.05, 0.1) is 5.92 Å². The SMILES string of the molecule is CC1=CC(C)=NC(=O)C1CNC(=O)c1cc2cccn2c(N(C)C2CCOCC2)c1C. The number of anilines is 1. The summed E-state index contributed by atoms with van der Waals surface area (Å²) in [5, 5.41) is 2.97. The predicted molar refractivity (Wildman–Crippen MR) is 122 cm³/mol. The Morgan fingerprint density at radius 2 is 2.03 bits per heavy atom. The summed E-state index contributed by atoms with van der Waals surface area (Å²) in [7, 11) is 2.09. The minimum Gasteiger partial charge on any atom is -0.381 e. The summed E-state index contributed by atoms with van der Waals surface area (Å²) in [6, 6.07) is 6.28. The molecule has 0 bridgehead atoms. The summed E-state index contributed by atoms with van der Waals surface area (Å²) in [4.78, 5) is 31.8. The van der Waals surface area contributed by atoms with Crippen LogP contribution in [0.4, 0.5) is 5.82 Å². The Morgan fingerprint density at radius 3 is 2.74 bits per heavy atom. The monoisotopic (exact) mass is 422 g/mol. The molecule has 4 rings (SSSR count). The van der Waals surface area contributed by atoms with Crippen molar-refractivity contribution in [3.63, 3.8) is 0 Å². The molecule has 2 aromatic rings. The van der Waals surface area contributed by atoms with Crippen molar-refractivity contribution in [2.24, 2.45) is 10.9 Å². The number of ether oxygens (including phenoxy) is 1. The Hall–Kier alpha value is -2.93. The van der Waals surface area contributed by atoms with Crippen LogP contribution >= 0.6 is 0 Å². The van der Waals surface area contributed by atoms with Crippen molar-refractivity contribution in [1.29, 1.82) is 0 Å². The van der Waals surface area contributed by atoms with E-state index in [-0.39, 0.29) is 18.4 Å². The molecule has 1 saturated heterocycles. The van der Waals surface area contributed by atoms with Crippen molar-refractivity contribution in [3.05, 3.63) is 47.2 Å². The predicted octanol–water partition coefficient (Wildman–Crippen LogP) is 3.16. The second kappa shape index (κ2) is 8.67. The molecule has 0 aliphatic carbocycles. The van der Waals surface area contributed by atoms with Crippen molar-refractivity contribution >= 4 is 28.9 Å². The fourth-order valence-electron chi connectivity index (χ4n) is 4.62. The second-order valence-electron chi connectivity index (χ2n) is 8.51. The van der Waals surface area contributed by atoms with Gasteiger partial charge in [0.15, 0.2) is 0 Å². The third kappa shape index (κ3) is 4.14. The smallest absolute Gasteiger partial charge is 0.254 e. The third-order valence-corrected chi connectivity index (χ3v) is 6.39. The quantitative estimate of drug-likeness (QED) is 0.803. The number of allylic oxidation sites excluding steroid dienone is 1. The molecule has 1 atom stereocenters. The molecule has 2 amide bonds. The van der Waals surface area contributed by atoms with Gasteiger partial charge >= 0.3 is 0 Å². The molecule has 0 radical (unpaired) electrons. The van der Waals surface area contributed by atoms with Crippen LogP contribution in [0.3, 0.4) is 0 Å². The molecule has 0 spiro atoms. The topological polar surface area (TPSA) is 75.4 Å². The molecule has 1 N–H and O–H groups in total. The van der Waals surface area contributed by atoms with Crippen molar-refractivity contribution in [1.82, 2.24) is 9.72 Å². The first-order valence-corrected chi connectivity index (χ1v) is 10.8. The van der Waals surface area contributed by atoms with Gasteiger partial charge in [-0.05, 0) is 57.9 Å². The summed E-state index contributed by atoms with van der Waals surface area (Å²) in [5.74, 6) is 0.241. The normalized spacial score (nSPS) is 19.9. The molecule has 1 unspecified atom stereocenters. The highest BCUT2D eigenvalue weighted by Crippen LogP contribution is 2.29.